The van der Waals surface area contributed by atoms with E-state index in [2.05, 4.69) is 16.7 Å². The second kappa shape index (κ2) is 6.27. The molecule has 3 nitrogen and oxygen atoms in total. The highest BCUT2D eigenvalue weighted by atomic mass is 14.9. The Balaban J connectivity index is 1.72. The van der Waals surface area contributed by atoms with Crippen molar-refractivity contribution in [2.24, 2.45) is 0 Å². The van der Waals surface area contributed by atoms with Gasteiger partial charge in [-0.05, 0) is 50.1 Å². The third kappa shape index (κ3) is 3.76. The number of nitriles is 1. The maximum absolute atomic E-state index is 8.70. The summed E-state index contributed by atoms with van der Waals surface area (Å²) in [6, 6.07) is 10.4. The van der Waals surface area contributed by atoms with Crippen LogP contribution in [0.4, 0.5) is 5.69 Å². The third-order valence-corrected chi connectivity index (χ3v) is 3.25. The van der Waals surface area contributed by atoms with Crippen LogP contribution in [0, 0.1) is 11.3 Å². The van der Waals surface area contributed by atoms with Crippen LogP contribution in [-0.2, 0) is 0 Å². The molecule has 0 amide bonds. The molecule has 1 atom stereocenters. The van der Waals surface area contributed by atoms with Gasteiger partial charge < -0.3 is 10.6 Å². The maximum atomic E-state index is 8.70. The van der Waals surface area contributed by atoms with Gasteiger partial charge in [0.2, 0.25) is 0 Å². The van der Waals surface area contributed by atoms with Gasteiger partial charge in [0.15, 0.2) is 0 Å². The summed E-state index contributed by atoms with van der Waals surface area (Å²) < 4.78 is 0. The molecule has 17 heavy (non-hydrogen) atoms. The molecule has 2 N–H and O–H groups in total. The summed E-state index contributed by atoms with van der Waals surface area (Å²) in [7, 11) is 0. The first-order valence-electron chi connectivity index (χ1n) is 6.36. The highest BCUT2D eigenvalue weighted by Gasteiger charge is 2.11. The first-order chi connectivity index (χ1) is 8.38. The first-order valence-corrected chi connectivity index (χ1v) is 6.36. The summed E-state index contributed by atoms with van der Waals surface area (Å²) in [6.07, 6.45) is 5.14. The smallest absolute Gasteiger partial charge is 0.0991 e. The van der Waals surface area contributed by atoms with Crippen molar-refractivity contribution in [3.63, 3.8) is 0 Å². The molecular formula is C14H19N3. The molecular weight excluding hydrogens is 210 g/mol. The van der Waals surface area contributed by atoms with Gasteiger partial charge in [-0.3, -0.25) is 0 Å². The maximum Gasteiger partial charge on any atom is 0.0991 e. The topological polar surface area (TPSA) is 47.9 Å². The lowest BCUT2D eigenvalue weighted by Gasteiger charge is -2.23. The fraction of sp³-hybridized carbons (Fsp3) is 0.500. The van der Waals surface area contributed by atoms with E-state index in [0.29, 0.717) is 11.6 Å². The number of nitrogens with zero attached hydrogens (tertiary/aromatic N) is 1. The average molecular weight is 229 g/mol. The number of anilines is 1. The Hall–Kier alpha value is -1.53. The fourth-order valence-electron chi connectivity index (χ4n) is 2.22. The van der Waals surface area contributed by atoms with Crippen LogP contribution in [0.2, 0.25) is 0 Å². The number of hydrogen-bond acceptors (Lipinski definition) is 3. The molecule has 1 unspecified atom stereocenters. The molecule has 0 aliphatic carbocycles. The van der Waals surface area contributed by atoms with Gasteiger partial charge in [0.05, 0.1) is 11.6 Å². The normalized spacial score (nSPS) is 19.6. The Labute approximate surface area is 103 Å². The summed E-state index contributed by atoms with van der Waals surface area (Å²) in [5.74, 6) is 0. The van der Waals surface area contributed by atoms with Gasteiger partial charge in [0.25, 0.3) is 0 Å². The zero-order valence-corrected chi connectivity index (χ0v) is 10.1. The summed E-state index contributed by atoms with van der Waals surface area (Å²) >= 11 is 0. The van der Waals surface area contributed by atoms with Gasteiger partial charge in [-0.15, -0.1) is 0 Å². The SMILES string of the molecule is N#Cc1ccc(NCCC2CCCCN2)cc1. The summed E-state index contributed by atoms with van der Waals surface area (Å²) in [6.45, 7) is 2.16. The van der Waals surface area contributed by atoms with Gasteiger partial charge in [-0.25, -0.2) is 0 Å². The Bertz CT molecular complexity index is 371. The molecule has 1 aliphatic rings. The Morgan fingerprint density at radius 2 is 2.12 bits per heavy atom. The minimum atomic E-state index is 0.676. The fourth-order valence-corrected chi connectivity index (χ4v) is 2.22. The standard InChI is InChI=1S/C14H19N3/c15-11-12-4-6-14(7-5-12)17-10-8-13-3-1-2-9-16-13/h4-7,13,16-17H,1-3,8-10H2. The number of nitrogens with one attached hydrogen (secondary N) is 2. The lowest BCUT2D eigenvalue weighted by atomic mass is 10.0. The zero-order valence-electron chi connectivity index (χ0n) is 10.1. The molecule has 0 spiro atoms. The summed E-state index contributed by atoms with van der Waals surface area (Å²) in [5.41, 5.74) is 1.81. The molecule has 2 rings (SSSR count). The van der Waals surface area contributed by atoms with Crippen LogP contribution in [0.3, 0.4) is 0 Å². The van der Waals surface area contributed by atoms with E-state index < -0.39 is 0 Å². The molecule has 0 saturated carbocycles. The minimum Gasteiger partial charge on any atom is -0.385 e. The molecule has 1 heterocycles. The van der Waals surface area contributed by atoms with Gasteiger partial charge in [0, 0.05) is 18.3 Å². The quantitative estimate of drug-likeness (QED) is 0.834. The van der Waals surface area contributed by atoms with E-state index in [4.69, 9.17) is 5.26 Å². The molecule has 0 bridgehead atoms. The van der Waals surface area contributed by atoms with E-state index in [9.17, 15) is 0 Å². The predicted octanol–water partition coefficient (Wildman–Crippen LogP) is 2.50. The zero-order chi connectivity index (χ0) is 11.9. The Morgan fingerprint density at radius 3 is 2.76 bits per heavy atom. The molecule has 0 aromatic heterocycles. The van der Waals surface area contributed by atoms with Crippen LogP contribution < -0.4 is 10.6 Å². The van der Waals surface area contributed by atoms with Gasteiger partial charge in [-0.2, -0.15) is 5.26 Å². The lowest BCUT2D eigenvalue weighted by molar-refractivity contribution is 0.389. The van der Waals surface area contributed by atoms with E-state index in [1.54, 1.807) is 0 Å². The minimum absolute atomic E-state index is 0.676. The molecule has 1 saturated heterocycles. The molecule has 3 heteroatoms. The van der Waals surface area contributed by atoms with Crippen molar-refractivity contribution in [2.45, 2.75) is 31.7 Å². The van der Waals surface area contributed by atoms with E-state index in [1.165, 1.54) is 32.2 Å². The van der Waals surface area contributed by atoms with Crippen LogP contribution in [-0.4, -0.2) is 19.1 Å². The molecule has 1 aromatic carbocycles. The largest absolute Gasteiger partial charge is 0.385 e. The van der Waals surface area contributed by atoms with Crippen LogP contribution >= 0.6 is 0 Å². The van der Waals surface area contributed by atoms with Gasteiger partial charge in [0.1, 0.15) is 0 Å². The number of hydrogen-bond donors (Lipinski definition) is 2. The predicted molar refractivity (Wildman–Crippen MR) is 69.9 cm³/mol. The molecule has 90 valence electrons. The highest BCUT2D eigenvalue weighted by molar-refractivity contribution is 5.47. The van der Waals surface area contributed by atoms with E-state index in [0.717, 1.165) is 12.2 Å². The molecule has 1 aromatic rings. The van der Waals surface area contributed by atoms with Crippen molar-refractivity contribution in [1.82, 2.24) is 5.32 Å². The van der Waals surface area contributed by atoms with Crippen molar-refractivity contribution >= 4 is 5.69 Å². The van der Waals surface area contributed by atoms with Crippen molar-refractivity contribution in [3.8, 4) is 6.07 Å². The number of rotatable bonds is 4. The highest BCUT2D eigenvalue weighted by Crippen LogP contribution is 2.12. The number of piperidine rings is 1. The Kier molecular flexibility index (Phi) is 4.40. The van der Waals surface area contributed by atoms with Gasteiger partial charge >= 0.3 is 0 Å². The van der Waals surface area contributed by atoms with E-state index in [1.807, 2.05) is 24.3 Å². The van der Waals surface area contributed by atoms with Crippen molar-refractivity contribution in [1.29, 1.82) is 5.26 Å². The summed E-state index contributed by atoms with van der Waals surface area (Å²) in [4.78, 5) is 0. The van der Waals surface area contributed by atoms with Crippen LogP contribution in [0.15, 0.2) is 24.3 Å². The first kappa shape index (κ1) is 11.9. The third-order valence-electron chi connectivity index (χ3n) is 3.25. The average Bonchev–Trinajstić information content (AvgIpc) is 2.41. The lowest BCUT2D eigenvalue weighted by Crippen LogP contribution is -2.35. The van der Waals surface area contributed by atoms with Gasteiger partial charge in [-0.1, -0.05) is 6.42 Å². The van der Waals surface area contributed by atoms with Crippen LogP contribution in [0.5, 0.6) is 0 Å². The van der Waals surface area contributed by atoms with Crippen molar-refractivity contribution in [2.75, 3.05) is 18.4 Å². The van der Waals surface area contributed by atoms with Crippen molar-refractivity contribution < 1.29 is 0 Å². The number of benzene rings is 1. The molecule has 1 aliphatic heterocycles. The van der Waals surface area contributed by atoms with Crippen molar-refractivity contribution in [3.05, 3.63) is 29.8 Å². The monoisotopic (exact) mass is 229 g/mol. The molecule has 0 radical (unpaired) electrons. The van der Waals surface area contributed by atoms with E-state index >= 15 is 0 Å². The second-order valence-electron chi connectivity index (χ2n) is 4.55. The Morgan fingerprint density at radius 1 is 1.29 bits per heavy atom. The second-order valence-corrected chi connectivity index (χ2v) is 4.55. The summed E-state index contributed by atoms with van der Waals surface area (Å²) in [5, 5.41) is 15.6. The van der Waals surface area contributed by atoms with Crippen LogP contribution in [0.25, 0.3) is 0 Å². The molecule has 1 fully saturated rings. The van der Waals surface area contributed by atoms with E-state index in [-0.39, 0.29) is 0 Å². The van der Waals surface area contributed by atoms with Crippen LogP contribution in [0.1, 0.15) is 31.2 Å².